The fourth-order valence-corrected chi connectivity index (χ4v) is 4.82. The molecule has 1 amide bonds. The van der Waals surface area contributed by atoms with Crippen molar-refractivity contribution in [2.45, 2.75) is 52.7 Å². The number of ether oxygens (including phenoxy) is 2. The third kappa shape index (κ3) is 4.57. The summed E-state index contributed by atoms with van der Waals surface area (Å²) in [6.07, 6.45) is 3.02. The van der Waals surface area contributed by atoms with Crippen LogP contribution in [0.25, 0.3) is 0 Å². The van der Waals surface area contributed by atoms with E-state index in [2.05, 4.69) is 25.5 Å². The number of esters is 1. The van der Waals surface area contributed by atoms with E-state index in [1.165, 1.54) is 24.3 Å². The summed E-state index contributed by atoms with van der Waals surface area (Å²) in [7, 11) is 0. The minimum atomic E-state index is -2.92. The molecule has 1 saturated heterocycles. The number of hydrogen-bond acceptors (Lipinski definition) is 4. The molecule has 1 saturated carbocycles. The van der Waals surface area contributed by atoms with Gasteiger partial charge in [0.15, 0.2) is 6.61 Å². The van der Waals surface area contributed by atoms with Crippen LogP contribution in [0.5, 0.6) is 5.75 Å². The Kier molecular flexibility index (Phi) is 5.14. The number of carbonyl (C=O) groups excluding carboxylic acids is 2. The zero-order valence-corrected chi connectivity index (χ0v) is 15.8. The van der Waals surface area contributed by atoms with Gasteiger partial charge >= 0.3 is 12.6 Å². The molecule has 3 rings (SSSR count). The third-order valence-electron chi connectivity index (χ3n) is 5.38. The molecule has 0 N–H and O–H groups in total. The zero-order chi connectivity index (χ0) is 19.8. The first-order chi connectivity index (χ1) is 12.6. The van der Waals surface area contributed by atoms with E-state index in [0.29, 0.717) is 6.54 Å². The number of likely N-dealkylation sites (tertiary alicyclic amines) is 1. The maximum absolute atomic E-state index is 12.6. The predicted octanol–water partition coefficient (Wildman–Crippen LogP) is 3.87. The number of fused-ring (bicyclic) bond motifs is 2. The van der Waals surface area contributed by atoms with Crippen LogP contribution in [-0.4, -0.2) is 42.6 Å². The molecule has 27 heavy (non-hydrogen) atoms. The van der Waals surface area contributed by atoms with Gasteiger partial charge in [-0.1, -0.05) is 20.8 Å². The number of amides is 1. The van der Waals surface area contributed by atoms with Crippen LogP contribution in [0, 0.1) is 10.8 Å². The number of alkyl halides is 2. The van der Waals surface area contributed by atoms with Gasteiger partial charge in [0.25, 0.3) is 5.91 Å². The van der Waals surface area contributed by atoms with E-state index in [1.807, 2.05) is 4.90 Å². The molecular weight excluding hydrogens is 356 g/mol. The second kappa shape index (κ2) is 7.09. The molecule has 1 aliphatic heterocycles. The van der Waals surface area contributed by atoms with Crippen LogP contribution in [0.2, 0.25) is 0 Å². The molecule has 0 spiro atoms. The predicted molar refractivity (Wildman–Crippen MR) is 94.6 cm³/mol. The van der Waals surface area contributed by atoms with Gasteiger partial charge in [-0.05, 0) is 54.4 Å². The van der Waals surface area contributed by atoms with Crippen molar-refractivity contribution in [1.29, 1.82) is 0 Å². The van der Waals surface area contributed by atoms with Crippen LogP contribution >= 0.6 is 0 Å². The Balaban J connectivity index is 1.55. The summed E-state index contributed by atoms with van der Waals surface area (Å²) in [5, 5.41) is 0. The lowest BCUT2D eigenvalue weighted by atomic mass is 9.65. The molecule has 2 atom stereocenters. The summed E-state index contributed by atoms with van der Waals surface area (Å²) in [5.41, 5.74) is 0.496. The van der Waals surface area contributed by atoms with Crippen LogP contribution < -0.4 is 4.74 Å². The smallest absolute Gasteiger partial charge is 0.387 e. The fraction of sp³-hybridized carbons (Fsp3) is 0.600. The Bertz CT molecular complexity index is 719. The molecular formula is C20H25F2NO4. The highest BCUT2D eigenvalue weighted by atomic mass is 19.3. The number of halogens is 2. The number of carbonyl (C=O) groups is 2. The molecule has 1 aliphatic carbocycles. The van der Waals surface area contributed by atoms with E-state index < -0.39 is 12.6 Å². The summed E-state index contributed by atoms with van der Waals surface area (Å²) in [6.45, 7) is 4.12. The van der Waals surface area contributed by atoms with Crippen LogP contribution in [0.15, 0.2) is 24.3 Å². The van der Waals surface area contributed by atoms with Crippen molar-refractivity contribution in [2.24, 2.45) is 10.8 Å². The summed E-state index contributed by atoms with van der Waals surface area (Å²) in [4.78, 5) is 26.6. The minimum Gasteiger partial charge on any atom is -0.452 e. The Morgan fingerprint density at radius 2 is 1.85 bits per heavy atom. The number of benzene rings is 1. The van der Waals surface area contributed by atoms with Crippen molar-refractivity contribution in [3.05, 3.63) is 29.8 Å². The molecule has 0 unspecified atom stereocenters. The lowest BCUT2D eigenvalue weighted by Gasteiger charge is -2.39. The Morgan fingerprint density at radius 1 is 1.19 bits per heavy atom. The number of rotatable bonds is 5. The van der Waals surface area contributed by atoms with Crippen molar-refractivity contribution < 1.29 is 27.8 Å². The minimum absolute atomic E-state index is 0.0437. The lowest BCUT2D eigenvalue weighted by Crippen LogP contribution is -2.39. The van der Waals surface area contributed by atoms with Crippen LogP contribution in [0.4, 0.5) is 8.78 Å². The largest absolute Gasteiger partial charge is 0.452 e. The molecule has 7 heteroatoms. The van der Waals surface area contributed by atoms with Gasteiger partial charge in [0.2, 0.25) is 0 Å². The Morgan fingerprint density at radius 3 is 2.48 bits per heavy atom. The standard InChI is InChI=1S/C20H25F2NO4/c1-19(2)8-14-9-20(3,11-19)12-23(14)16(24)10-26-17(25)13-4-6-15(7-5-13)27-18(21)22/h4-7,14,18H,8-12H2,1-3H3/t14-,20+/m1/s1. The first kappa shape index (κ1) is 19.6. The summed E-state index contributed by atoms with van der Waals surface area (Å²) >= 11 is 0. The quantitative estimate of drug-likeness (QED) is 0.727. The second-order valence-electron chi connectivity index (χ2n) is 8.71. The highest BCUT2D eigenvalue weighted by Gasteiger charge is 2.50. The van der Waals surface area contributed by atoms with Gasteiger partial charge in [0.05, 0.1) is 5.56 Å². The van der Waals surface area contributed by atoms with Gasteiger partial charge in [0, 0.05) is 12.6 Å². The average Bonchev–Trinajstić information content (AvgIpc) is 2.81. The molecule has 1 aromatic rings. The van der Waals surface area contributed by atoms with E-state index in [0.717, 1.165) is 19.3 Å². The van der Waals surface area contributed by atoms with Gasteiger partial charge in [-0.15, -0.1) is 0 Å². The first-order valence-corrected chi connectivity index (χ1v) is 9.08. The van der Waals surface area contributed by atoms with Crippen molar-refractivity contribution in [2.75, 3.05) is 13.2 Å². The monoisotopic (exact) mass is 381 g/mol. The first-order valence-electron chi connectivity index (χ1n) is 9.08. The zero-order valence-electron chi connectivity index (χ0n) is 15.8. The normalized spacial score (nSPS) is 26.1. The Hall–Kier alpha value is -2.18. The molecule has 2 aliphatic rings. The van der Waals surface area contributed by atoms with Crippen molar-refractivity contribution in [1.82, 2.24) is 4.90 Å². The average molecular weight is 381 g/mol. The van der Waals surface area contributed by atoms with Crippen LogP contribution in [0.3, 0.4) is 0 Å². The molecule has 1 heterocycles. The highest BCUT2D eigenvalue weighted by Crippen LogP contribution is 2.52. The molecule has 148 valence electrons. The van der Waals surface area contributed by atoms with Crippen LogP contribution in [-0.2, 0) is 9.53 Å². The van der Waals surface area contributed by atoms with Gasteiger partial charge in [-0.2, -0.15) is 8.78 Å². The lowest BCUT2D eigenvalue weighted by molar-refractivity contribution is -0.135. The maximum atomic E-state index is 12.6. The van der Waals surface area contributed by atoms with E-state index in [9.17, 15) is 18.4 Å². The second-order valence-corrected chi connectivity index (χ2v) is 8.71. The summed E-state index contributed by atoms with van der Waals surface area (Å²) < 4.78 is 33.7. The van der Waals surface area contributed by atoms with E-state index in [4.69, 9.17) is 4.74 Å². The Labute approximate surface area is 157 Å². The summed E-state index contributed by atoms with van der Waals surface area (Å²) in [6, 6.07) is 5.37. The third-order valence-corrected chi connectivity index (χ3v) is 5.38. The highest BCUT2D eigenvalue weighted by molar-refractivity contribution is 5.91. The SMILES string of the molecule is CC1(C)C[C@@H]2C[C@](C)(CN2C(=O)COC(=O)c2ccc(OC(F)F)cc2)C1. The van der Waals surface area contributed by atoms with E-state index in [-0.39, 0.29) is 40.7 Å². The van der Waals surface area contributed by atoms with Gasteiger partial charge in [0.1, 0.15) is 5.75 Å². The van der Waals surface area contributed by atoms with Gasteiger partial charge < -0.3 is 14.4 Å². The van der Waals surface area contributed by atoms with Crippen molar-refractivity contribution >= 4 is 11.9 Å². The van der Waals surface area contributed by atoms with E-state index >= 15 is 0 Å². The number of nitrogens with zero attached hydrogens (tertiary/aromatic N) is 1. The van der Waals surface area contributed by atoms with Gasteiger partial charge in [-0.25, -0.2) is 4.79 Å². The van der Waals surface area contributed by atoms with Crippen molar-refractivity contribution in [3.63, 3.8) is 0 Å². The molecule has 1 aromatic carbocycles. The maximum Gasteiger partial charge on any atom is 0.387 e. The van der Waals surface area contributed by atoms with Crippen molar-refractivity contribution in [3.8, 4) is 5.75 Å². The fourth-order valence-electron chi connectivity index (χ4n) is 4.82. The molecule has 2 fully saturated rings. The topological polar surface area (TPSA) is 55.8 Å². The van der Waals surface area contributed by atoms with Gasteiger partial charge in [-0.3, -0.25) is 4.79 Å². The van der Waals surface area contributed by atoms with E-state index in [1.54, 1.807) is 0 Å². The summed E-state index contributed by atoms with van der Waals surface area (Å²) in [5.74, 6) is -0.897. The molecule has 2 bridgehead atoms. The van der Waals surface area contributed by atoms with Crippen LogP contribution in [0.1, 0.15) is 50.4 Å². The molecule has 5 nitrogen and oxygen atoms in total. The molecule has 0 aromatic heterocycles. The molecule has 0 radical (unpaired) electrons. The number of hydrogen-bond donors (Lipinski definition) is 0.